The van der Waals surface area contributed by atoms with Crippen molar-refractivity contribution in [2.24, 2.45) is 0 Å². The lowest BCUT2D eigenvalue weighted by atomic mass is 10.1. The Labute approximate surface area is 122 Å². The number of nitro groups is 2. The van der Waals surface area contributed by atoms with E-state index in [4.69, 9.17) is 4.74 Å². The van der Waals surface area contributed by atoms with Crippen molar-refractivity contribution >= 4 is 11.4 Å². The van der Waals surface area contributed by atoms with Crippen LogP contribution in [0.15, 0.2) is 18.2 Å². The van der Waals surface area contributed by atoms with Crippen molar-refractivity contribution in [2.45, 2.75) is 32.9 Å². The Balaban J connectivity index is 2.79. The van der Waals surface area contributed by atoms with E-state index < -0.39 is 9.85 Å². The van der Waals surface area contributed by atoms with Crippen LogP contribution in [-0.2, 0) is 11.3 Å². The largest absolute Gasteiger partial charge is 0.375 e. The summed E-state index contributed by atoms with van der Waals surface area (Å²) in [6, 6.07) is 3.64. The molecule has 1 aromatic rings. The van der Waals surface area contributed by atoms with Gasteiger partial charge in [0.05, 0.1) is 21.5 Å². The van der Waals surface area contributed by atoms with Crippen LogP contribution >= 0.6 is 0 Å². The third-order valence-corrected chi connectivity index (χ3v) is 2.88. The van der Waals surface area contributed by atoms with E-state index >= 15 is 0 Å². The van der Waals surface area contributed by atoms with Crippen LogP contribution < -0.4 is 5.32 Å². The van der Waals surface area contributed by atoms with Crippen molar-refractivity contribution in [1.29, 1.82) is 0 Å². The summed E-state index contributed by atoms with van der Waals surface area (Å²) in [7, 11) is 0. The summed E-state index contributed by atoms with van der Waals surface area (Å²) in [6.07, 6.45) is 0. The van der Waals surface area contributed by atoms with Crippen molar-refractivity contribution < 1.29 is 14.6 Å². The summed E-state index contributed by atoms with van der Waals surface area (Å²) >= 11 is 0. The van der Waals surface area contributed by atoms with Crippen LogP contribution in [0, 0.1) is 20.2 Å². The molecule has 0 aromatic heterocycles. The number of ether oxygens (including phenoxy) is 1. The molecular weight excluding hydrogens is 278 g/mol. The summed E-state index contributed by atoms with van der Waals surface area (Å²) in [5.74, 6) is 0. The highest BCUT2D eigenvalue weighted by atomic mass is 16.6. The van der Waals surface area contributed by atoms with Gasteiger partial charge in [-0.1, -0.05) is 0 Å². The van der Waals surface area contributed by atoms with Crippen molar-refractivity contribution in [1.82, 2.24) is 5.32 Å². The summed E-state index contributed by atoms with van der Waals surface area (Å²) in [4.78, 5) is 20.4. The zero-order chi connectivity index (χ0) is 16.0. The van der Waals surface area contributed by atoms with Gasteiger partial charge in [-0.25, -0.2) is 0 Å². The predicted molar refractivity (Wildman–Crippen MR) is 77.2 cm³/mol. The van der Waals surface area contributed by atoms with E-state index in [-0.39, 0.29) is 23.5 Å². The summed E-state index contributed by atoms with van der Waals surface area (Å²) in [6.45, 7) is 7.04. The Morgan fingerprint density at radius 2 is 1.90 bits per heavy atom. The molecule has 0 bridgehead atoms. The molecule has 0 saturated heterocycles. The maximum Gasteiger partial charge on any atom is 0.280 e. The van der Waals surface area contributed by atoms with E-state index in [0.29, 0.717) is 18.7 Å². The van der Waals surface area contributed by atoms with E-state index in [0.717, 1.165) is 6.07 Å². The average molecular weight is 297 g/mol. The van der Waals surface area contributed by atoms with Gasteiger partial charge in [-0.3, -0.25) is 20.2 Å². The first kappa shape index (κ1) is 17.0. The van der Waals surface area contributed by atoms with Gasteiger partial charge < -0.3 is 10.1 Å². The third-order valence-electron chi connectivity index (χ3n) is 2.88. The zero-order valence-electron chi connectivity index (χ0n) is 12.3. The Kier molecular flexibility index (Phi) is 5.74. The van der Waals surface area contributed by atoms with Gasteiger partial charge >= 0.3 is 0 Å². The second-order valence-corrected chi connectivity index (χ2v) is 5.12. The third kappa shape index (κ3) is 5.09. The predicted octanol–water partition coefficient (Wildman–Crippen LogP) is 2.41. The fourth-order valence-electron chi connectivity index (χ4n) is 1.93. The first-order valence-corrected chi connectivity index (χ1v) is 6.53. The second-order valence-electron chi connectivity index (χ2n) is 5.12. The van der Waals surface area contributed by atoms with Gasteiger partial charge in [0.25, 0.3) is 11.4 Å². The van der Waals surface area contributed by atoms with Crippen molar-refractivity contribution in [3.63, 3.8) is 0 Å². The minimum Gasteiger partial charge on any atom is -0.375 e. The molecule has 0 radical (unpaired) electrons. The number of non-ortho nitro benzene ring substituents is 1. The molecule has 0 atom stereocenters. The molecule has 1 rings (SSSR count). The summed E-state index contributed by atoms with van der Waals surface area (Å²) < 4.78 is 5.51. The number of rotatable bonds is 8. The summed E-state index contributed by atoms with van der Waals surface area (Å²) in [5, 5.41) is 24.7. The molecule has 116 valence electrons. The SMILES string of the molecule is CCOC(C)(C)CNCc1ccc([N+](=O)[O-])cc1[N+](=O)[O-]. The molecule has 0 spiro atoms. The van der Waals surface area contributed by atoms with Crippen LogP contribution in [0.3, 0.4) is 0 Å². The first-order chi connectivity index (χ1) is 9.76. The van der Waals surface area contributed by atoms with Crippen LogP contribution in [0.1, 0.15) is 26.3 Å². The van der Waals surface area contributed by atoms with Crippen LogP contribution in [0.25, 0.3) is 0 Å². The lowest BCUT2D eigenvalue weighted by Gasteiger charge is -2.25. The molecule has 0 unspecified atom stereocenters. The molecule has 8 heteroatoms. The van der Waals surface area contributed by atoms with Gasteiger partial charge in [-0.2, -0.15) is 0 Å². The number of hydrogen-bond acceptors (Lipinski definition) is 6. The van der Waals surface area contributed by atoms with Crippen LogP contribution in [0.2, 0.25) is 0 Å². The monoisotopic (exact) mass is 297 g/mol. The van der Waals surface area contributed by atoms with E-state index in [1.54, 1.807) is 0 Å². The van der Waals surface area contributed by atoms with Crippen LogP contribution in [0.4, 0.5) is 11.4 Å². The molecule has 8 nitrogen and oxygen atoms in total. The number of hydrogen-bond donors (Lipinski definition) is 1. The standard InChI is InChI=1S/C13H19N3O5/c1-4-21-13(2,3)9-14-8-10-5-6-11(15(17)18)7-12(10)16(19)20/h5-7,14H,4,8-9H2,1-3H3. The fraction of sp³-hybridized carbons (Fsp3) is 0.538. The van der Waals surface area contributed by atoms with Gasteiger partial charge in [0.2, 0.25) is 0 Å². The Morgan fingerprint density at radius 1 is 1.24 bits per heavy atom. The quantitative estimate of drug-likeness (QED) is 0.583. The molecule has 1 aromatic carbocycles. The maximum absolute atomic E-state index is 11.0. The molecular formula is C13H19N3O5. The van der Waals surface area contributed by atoms with Crippen molar-refractivity contribution in [2.75, 3.05) is 13.2 Å². The van der Waals surface area contributed by atoms with Gasteiger partial charge in [-0.15, -0.1) is 0 Å². The highest BCUT2D eigenvalue weighted by Crippen LogP contribution is 2.24. The maximum atomic E-state index is 11.0. The first-order valence-electron chi connectivity index (χ1n) is 6.53. The molecule has 0 aliphatic heterocycles. The molecule has 0 aliphatic rings. The average Bonchev–Trinajstić information content (AvgIpc) is 2.38. The minimum atomic E-state index is -0.650. The fourth-order valence-corrected chi connectivity index (χ4v) is 1.93. The van der Waals surface area contributed by atoms with Crippen LogP contribution in [-0.4, -0.2) is 28.6 Å². The van der Waals surface area contributed by atoms with Gasteiger partial charge in [0, 0.05) is 31.3 Å². The van der Waals surface area contributed by atoms with E-state index in [1.807, 2.05) is 20.8 Å². The van der Waals surface area contributed by atoms with Crippen LogP contribution in [0.5, 0.6) is 0 Å². The van der Waals surface area contributed by atoms with E-state index in [1.165, 1.54) is 12.1 Å². The molecule has 0 heterocycles. The minimum absolute atomic E-state index is 0.241. The Bertz CT molecular complexity index is 531. The second kappa shape index (κ2) is 7.09. The number of nitrogens with zero attached hydrogens (tertiary/aromatic N) is 2. The molecule has 0 amide bonds. The normalized spacial score (nSPS) is 11.4. The number of nitrogens with one attached hydrogen (secondary N) is 1. The molecule has 0 fully saturated rings. The zero-order valence-corrected chi connectivity index (χ0v) is 12.3. The van der Waals surface area contributed by atoms with Gasteiger partial charge in [-0.05, 0) is 26.8 Å². The molecule has 0 aliphatic carbocycles. The molecule has 21 heavy (non-hydrogen) atoms. The molecule has 0 saturated carbocycles. The lowest BCUT2D eigenvalue weighted by Crippen LogP contribution is -2.37. The highest BCUT2D eigenvalue weighted by molar-refractivity contribution is 5.49. The Morgan fingerprint density at radius 3 is 2.43 bits per heavy atom. The smallest absolute Gasteiger partial charge is 0.280 e. The van der Waals surface area contributed by atoms with Crippen molar-refractivity contribution in [3.05, 3.63) is 44.0 Å². The molecule has 1 N–H and O–H groups in total. The number of benzene rings is 1. The Hall–Kier alpha value is -2.06. The lowest BCUT2D eigenvalue weighted by molar-refractivity contribution is -0.394. The number of nitro benzene ring substituents is 2. The topological polar surface area (TPSA) is 108 Å². The van der Waals surface area contributed by atoms with Crippen molar-refractivity contribution in [3.8, 4) is 0 Å². The van der Waals surface area contributed by atoms with E-state index in [9.17, 15) is 20.2 Å². The highest BCUT2D eigenvalue weighted by Gasteiger charge is 2.21. The van der Waals surface area contributed by atoms with E-state index in [2.05, 4.69) is 5.32 Å². The van der Waals surface area contributed by atoms with Gasteiger partial charge in [0.1, 0.15) is 0 Å². The van der Waals surface area contributed by atoms with Gasteiger partial charge in [0.15, 0.2) is 0 Å². The summed E-state index contributed by atoms with van der Waals surface area (Å²) in [5.41, 5.74) is -0.534.